The summed E-state index contributed by atoms with van der Waals surface area (Å²) in [4.78, 5) is 16.2. The van der Waals surface area contributed by atoms with E-state index in [9.17, 15) is 4.79 Å². The summed E-state index contributed by atoms with van der Waals surface area (Å²) in [7, 11) is 0. The van der Waals surface area contributed by atoms with E-state index >= 15 is 0 Å². The van der Waals surface area contributed by atoms with Crippen molar-refractivity contribution in [3.63, 3.8) is 0 Å². The van der Waals surface area contributed by atoms with Gasteiger partial charge in [0.05, 0.1) is 6.54 Å². The lowest BCUT2D eigenvalue weighted by atomic mass is 10.3. The van der Waals surface area contributed by atoms with Crippen LogP contribution in [0.3, 0.4) is 0 Å². The third-order valence-corrected chi connectivity index (χ3v) is 3.22. The molecule has 0 spiro atoms. The van der Waals surface area contributed by atoms with Crippen molar-refractivity contribution >= 4 is 11.7 Å². The van der Waals surface area contributed by atoms with Crippen LogP contribution in [0, 0.1) is 6.92 Å². The van der Waals surface area contributed by atoms with Crippen molar-refractivity contribution in [3.8, 4) is 0 Å². The number of likely N-dealkylation sites (N-methyl/N-ethyl adjacent to an activating group) is 1. The first kappa shape index (κ1) is 12.9. The smallest absolute Gasteiger partial charge is 0.242 e. The minimum atomic E-state index is 0.117. The summed E-state index contributed by atoms with van der Waals surface area (Å²) in [5.41, 5.74) is 0. The predicted octanol–water partition coefficient (Wildman–Crippen LogP) is 0.559. The fraction of sp³-hybridized carbons (Fsp3) is 0.667. The molecule has 0 bridgehead atoms. The Morgan fingerprint density at radius 1 is 1.44 bits per heavy atom. The Labute approximate surface area is 107 Å². The monoisotopic (exact) mass is 252 g/mol. The van der Waals surface area contributed by atoms with Crippen LogP contribution in [0.25, 0.3) is 0 Å². The Morgan fingerprint density at radius 2 is 2.17 bits per heavy atom. The van der Waals surface area contributed by atoms with Gasteiger partial charge in [-0.1, -0.05) is 12.1 Å². The van der Waals surface area contributed by atoms with Gasteiger partial charge in [-0.2, -0.15) is 0 Å². The van der Waals surface area contributed by atoms with E-state index in [1.165, 1.54) is 0 Å². The van der Waals surface area contributed by atoms with Crippen LogP contribution >= 0.6 is 0 Å². The number of carbonyl (C=O) groups excluding carboxylic acids is 1. The van der Waals surface area contributed by atoms with Crippen molar-refractivity contribution in [2.24, 2.45) is 0 Å². The van der Waals surface area contributed by atoms with Crippen LogP contribution in [0.2, 0.25) is 0 Å². The van der Waals surface area contributed by atoms with Gasteiger partial charge < -0.3 is 19.6 Å². The van der Waals surface area contributed by atoms with Gasteiger partial charge in [-0.25, -0.2) is 0 Å². The van der Waals surface area contributed by atoms with E-state index < -0.39 is 0 Å². The third kappa shape index (κ3) is 3.22. The Bertz CT molecular complexity index is 397. The molecule has 0 atom stereocenters. The van der Waals surface area contributed by atoms with Crippen molar-refractivity contribution in [2.75, 3.05) is 44.6 Å². The number of hydrogen-bond acceptors (Lipinski definition) is 5. The zero-order valence-electron chi connectivity index (χ0n) is 11.0. The molecule has 2 rings (SSSR count). The average Bonchev–Trinajstić information content (AvgIpc) is 2.82. The highest BCUT2D eigenvalue weighted by Gasteiger charge is 2.19. The lowest BCUT2D eigenvalue weighted by molar-refractivity contribution is -0.131. The minimum Gasteiger partial charge on any atom is -0.360 e. The molecule has 18 heavy (non-hydrogen) atoms. The summed E-state index contributed by atoms with van der Waals surface area (Å²) in [6, 6.07) is 1.78. The lowest BCUT2D eigenvalue weighted by Crippen LogP contribution is -2.49. The summed E-state index contributed by atoms with van der Waals surface area (Å²) in [6.45, 7) is 8.85. The maximum Gasteiger partial charge on any atom is 0.242 e. The molecule has 2 heterocycles. The third-order valence-electron chi connectivity index (χ3n) is 3.22. The molecule has 0 saturated carbocycles. The highest BCUT2D eigenvalue weighted by atomic mass is 16.5. The van der Waals surface area contributed by atoms with E-state index in [-0.39, 0.29) is 12.5 Å². The number of amides is 1. The molecule has 0 radical (unpaired) electrons. The second kappa shape index (κ2) is 5.86. The summed E-state index contributed by atoms with van der Waals surface area (Å²) in [5.74, 6) is 1.47. The van der Waals surface area contributed by atoms with Gasteiger partial charge in [0.1, 0.15) is 5.76 Å². The lowest BCUT2D eigenvalue weighted by Gasteiger charge is -2.34. The maximum atomic E-state index is 12.0. The van der Waals surface area contributed by atoms with E-state index in [1.807, 2.05) is 11.8 Å². The number of carbonyl (C=O) groups is 1. The number of aromatic nitrogens is 1. The number of aryl methyl sites for hydroxylation is 1. The number of anilines is 1. The molecule has 1 aromatic heterocycles. The number of rotatable bonds is 4. The van der Waals surface area contributed by atoms with E-state index in [1.54, 1.807) is 6.07 Å². The minimum absolute atomic E-state index is 0.117. The highest BCUT2D eigenvalue weighted by molar-refractivity contribution is 5.80. The molecule has 0 aliphatic carbocycles. The zero-order chi connectivity index (χ0) is 13.0. The SMILES string of the molecule is CCN1CCN(C(=O)CNc2cc(C)on2)CC1. The van der Waals surface area contributed by atoms with E-state index in [0.717, 1.165) is 38.5 Å². The van der Waals surface area contributed by atoms with Crippen molar-refractivity contribution in [1.29, 1.82) is 0 Å². The van der Waals surface area contributed by atoms with Crippen molar-refractivity contribution < 1.29 is 9.32 Å². The van der Waals surface area contributed by atoms with Gasteiger partial charge in [0, 0.05) is 32.2 Å². The first-order chi connectivity index (χ1) is 8.69. The summed E-state index contributed by atoms with van der Waals surface area (Å²) in [5, 5.41) is 6.77. The number of hydrogen-bond donors (Lipinski definition) is 1. The summed E-state index contributed by atoms with van der Waals surface area (Å²) < 4.78 is 4.93. The fourth-order valence-electron chi connectivity index (χ4n) is 2.04. The van der Waals surface area contributed by atoms with Gasteiger partial charge in [-0.15, -0.1) is 0 Å². The molecule has 100 valence electrons. The van der Waals surface area contributed by atoms with Crippen LogP contribution in [0.4, 0.5) is 5.82 Å². The molecular weight excluding hydrogens is 232 g/mol. The first-order valence-corrected chi connectivity index (χ1v) is 6.36. The average molecular weight is 252 g/mol. The maximum absolute atomic E-state index is 12.0. The van der Waals surface area contributed by atoms with Gasteiger partial charge in [-0.05, 0) is 13.5 Å². The molecule has 1 N–H and O–H groups in total. The van der Waals surface area contributed by atoms with Crippen LogP contribution in [-0.2, 0) is 4.79 Å². The van der Waals surface area contributed by atoms with Crippen molar-refractivity contribution in [2.45, 2.75) is 13.8 Å². The summed E-state index contributed by atoms with van der Waals surface area (Å²) in [6.07, 6.45) is 0. The molecule has 0 aromatic carbocycles. The highest BCUT2D eigenvalue weighted by Crippen LogP contribution is 2.07. The van der Waals surface area contributed by atoms with E-state index in [0.29, 0.717) is 5.82 Å². The fourth-order valence-corrected chi connectivity index (χ4v) is 2.04. The first-order valence-electron chi connectivity index (χ1n) is 6.36. The molecular formula is C12H20N4O2. The van der Waals surface area contributed by atoms with Gasteiger partial charge >= 0.3 is 0 Å². The normalized spacial score (nSPS) is 16.9. The molecule has 1 fully saturated rings. The van der Waals surface area contributed by atoms with Crippen molar-refractivity contribution in [1.82, 2.24) is 15.0 Å². The molecule has 1 aliphatic heterocycles. The van der Waals surface area contributed by atoms with Gasteiger partial charge in [-0.3, -0.25) is 4.79 Å². The molecule has 1 aromatic rings. The molecule has 1 amide bonds. The van der Waals surface area contributed by atoms with Gasteiger partial charge in [0.25, 0.3) is 0 Å². The number of nitrogens with zero attached hydrogens (tertiary/aromatic N) is 3. The van der Waals surface area contributed by atoms with Crippen LogP contribution in [-0.4, -0.2) is 60.1 Å². The van der Waals surface area contributed by atoms with Gasteiger partial charge in [0.15, 0.2) is 5.82 Å². The molecule has 6 nitrogen and oxygen atoms in total. The Kier molecular flexibility index (Phi) is 4.19. The number of nitrogens with one attached hydrogen (secondary N) is 1. The molecule has 1 saturated heterocycles. The predicted molar refractivity (Wildman–Crippen MR) is 68.4 cm³/mol. The summed E-state index contributed by atoms with van der Waals surface area (Å²) >= 11 is 0. The molecule has 6 heteroatoms. The number of piperazine rings is 1. The van der Waals surface area contributed by atoms with Crippen LogP contribution in [0.15, 0.2) is 10.6 Å². The zero-order valence-corrected chi connectivity index (χ0v) is 11.0. The second-order valence-corrected chi connectivity index (χ2v) is 4.49. The van der Waals surface area contributed by atoms with Crippen LogP contribution in [0.1, 0.15) is 12.7 Å². The topological polar surface area (TPSA) is 61.6 Å². The second-order valence-electron chi connectivity index (χ2n) is 4.49. The largest absolute Gasteiger partial charge is 0.360 e. The molecule has 0 unspecified atom stereocenters. The standard InChI is InChI=1S/C12H20N4O2/c1-3-15-4-6-16(7-5-15)12(17)9-13-11-8-10(2)18-14-11/h8H,3-7,9H2,1-2H3,(H,13,14). The van der Waals surface area contributed by atoms with E-state index in [4.69, 9.17) is 4.52 Å². The van der Waals surface area contributed by atoms with Crippen LogP contribution < -0.4 is 5.32 Å². The van der Waals surface area contributed by atoms with E-state index in [2.05, 4.69) is 22.3 Å². The van der Waals surface area contributed by atoms with Crippen molar-refractivity contribution in [3.05, 3.63) is 11.8 Å². The Balaban J connectivity index is 1.75. The van der Waals surface area contributed by atoms with Crippen LogP contribution in [0.5, 0.6) is 0 Å². The van der Waals surface area contributed by atoms with Gasteiger partial charge in [0.2, 0.25) is 5.91 Å². The quantitative estimate of drug-likeness (QED) is 0.848. The molecule has 1 aliphatic rings. The Hall–Kier alpha value is -1.56. The Morgan fingerprint density at radius 3 is 2.72 bits per heavy atom.